The standard InChI is InChI=1S/C11H19NO3/c1-9(13)15-11(2,3)8-12-6-4-10(14)5-7-12/h4-8H2,1-3H3. The minimum Gasteiger partial charge on any atom is -0.458 e. The maximum atomic E-state index is 11.0. The first-order valence-corrected chi connectivity index (χ1v) is 5.33. The molecule has 1 rings (SSSR count). The zero-order chi connectivity index (χ0) is 11.5. The average Bonchev–Trinajstić information content (AvgIpc) is 2.06. The Labute approximate surface area is 90.6 Å². The smallest absolute Gasteiger partial charge is 0.303 e. The number of Topliss-reactive ketones (excluding diaryl/α,β-unsaturated/α-hetero) is 1. The monoisotopic (exact) mass is 213 g/mol. The van der Waals surface area contributed by atoms with E-state index in [1.807, 2.05) is 13.8 Å². The summed E-state index contributed by atoms with van der Waals surface area (Å²) in [6, 6.07) is 0. The van der Waals surface area contributed by atoms with Gasteiger partial charge in [0.05, 0.1) is 0 Å². The molecule has 0 N–H and O–H groups in total. The number of rotatable bonds is 3. The third-order valence-corrected chi connectivity index (χ3v) is 2.44. The van der Waals surface area contributed by atoms with E-state index in [9.17, 15) is 9.59 Å². The summed E-state index contributed by atoms with van der Waals surface area (Å²) >= 11 is 0. The van der Waals surface area contributed by atoms with E-state index in [1.165, 1.54) is 6.92 Å². The second-order valence-electron chi connectivity index (χ2n) is 4.67. The Kier molecular flexibility index (Phi) is 3.85. The van der Waals surface area contributed by atoms with Crippen LogP contribution in [0.25, 0.3) is 0 Å². The predicted octanol–water partition coefficient (Wildman–Crippen LogP) is 0.993. The van der Waals surface area contributed by atoms with Gasteiger partial charge in [-0.2, -0.15) is 0 Å². The quantitative estimate of drug-likeness (QED) is 0.656. The van der Waals surface area contributed by atoms with Gasteiger partial charge >= 0.3 is 5.97 Å². The number of hydrogen-bond donors (Lipinski definition) is 0. The highest BCUT2D eigenvalue weighted by Gasteiger charge is 2.26. The Hall–Kier alpha value is -0.900. The Morgan fingerprint density at radius 3 is 2.40 bits per heavy atom. The molecular weight excluding hydrogens is 194 g/mol. The van der Waals surface area contributed by atoms with E-state index in [1.54, 1.807) is 0 Å². The number of ketones is 1. The van der Waals surface area contributed by atoms with Crippen molar-refractivity contribution in [3.63, 3.8) is 0 Å². The van der Waals surface area contributed by atoms with Crippen molar-refractivity contribution in [3.8, 4) is 0 Å². The van der Waals surface area contributed by atoms with Crippen molar-refractivity contribution in [2.45, 2.75) is 39.2 Å². The molecule has 1 heterocycles. The van der Waals surface area contributed by atoms with Crippen LogP contribution < -0.4 is 0 Å². The molecule has 0 radical (unpaired) electrons. The fourth-order valence-corrected chi connectivity index (χ4v) is 1.92. The van der Waals surface area contributed by atoms with E-state index in [4.69, 9.17) is 4.74 Å². The summed E-state index contributed by atoms with van der Waals surface area (Å²) in [6.45, 7) is 7.46. The first-order chi connectivity index (χ1) is 6.89. The lowest BCUT2D eigenvalue weighted by Crippen LogP contribution is -2.45. The molecule has 15 heavy (non-hydrogen) atoms. The number of carbonyl (C=O) groups excluding carboxylic acids is 2. The van der Waals surface area contributed by atoms with Crippen molar-refractivity contribution < 1.29 is 14.3 Å². The van der Waals surface area contributed by atoms with Crippen LogP contribution in [0.3, 0.4) is 0 Å². The van der Waals surface area contributed by atoms with Crippen LogP contribution in [0.2, 0.25) is 0 Å². The fourth-order valence-electron chi connectivity index (χ4n) is 1.92. The maximum Gasteiger partial charge on any atom is 0.303 e. The van der Waals surface area contributed by atoms with Crippen LogP contribution in [0.1, 0.15) is 33.6 Å². The minimum atomic E-state index is -0.466. The van der Waals surface area contributed by atoms with Crippen molar-refractivity contribution >= 4 is 11.8 Å². The number of hydrogen-bond acceptors (Lipinski definition) is 4. The highest BCUT2D eigenvalue weighted by Crippen LogP contribution is 2.15. The summed E-state index contributed by atoms with van der Waals surface area (Å²) in [4.78, 5) is 24.1. The van der Waals surface area contributed by atoms with Gasteiger partial charge in [0.1, 0.15) is 11.4 Å². The molecule has 1 aliphatic heterocycles. The first-order valence-electron chi connectivity index (χ1n) is 5.33. The van der Waals surface area contributed by atoms with Gasteiger partial charge in [0.2, 0.25) is 0 Å². The molecule has 86 valence electrons. The summed E-state index contributed by atoms with van der Waals surface area (Å²) < 4.78 is 5.20. The van der Waals surface area contributed by atoms with Gasteiger partial charge in [-0.05, 0) is 13.8 Å². The molecule has 0 unspecified atom stereocenters. The maximum absolute atomic E-state index is 11.0. The number of piperidine rings is 1. The molecule has 0 spiro atoms. The van der Waals surface area contributed by atoms with E-state index in [2.05, 4.69) is 4.90 Å². The van der Waals surface area contributed by atoms with Gasteiger partial charge in [-0.1, -0.05) is 0 Å². The number of esters is 1. The molecule has 1 aliphatic rings. The van der Waals surface area contributed by atoms with Crippen molar-refractivity contribution in [1.82, 2.24) is 4.90 Å². The molecule has 0 amide bonds. The fraction of sp³-hybridized carbons (Fsp3) is 0.818. The van der Waals surface area contributed by atoms with E-state index in [-0.39, 0.29) is 5.97 Å². The molecule has 0 bridgehead atoms. The zero-order valence-corrected chi connectivity index (χ0v) is 9.71. The van der Waals surface area contributed by atoms with E-state index >= 15 is 0 Å². The Morgan fingerprint density at radius 1 is 1.40 bits per heavy atom. The number of ether oxygens (including phenoxy) is 1. The summed E-state index contributed by atoms with van der Waals surface area (Å²) in [6.07, 6.45) is 1.24. The number of nitrogens with zero attached hydrogens (tertiary/aromatic N) is 1. The third kappa shape index (κ3) is 4.42. The molecule has 1 saturated heterocycles. The summed E-state index contributed by atoms with van der Waals surface area (Å²) in [5.41, 5.74) is -0.466. The predicted molar refractivity (Wildman–Crippen MR) is 56.5 cm³/mol. The lowest BCUT2D eigenvalue weighted by Gasteiger charge is -2.33. The minimum absolute atomic E-state index is 0.256. The van der Waals surface area contributed by atoms with Crippen molar-refractivity contribution in [2.24, 2.45) is 0 Å². The van der Waals surface area contributed by atoms with Crippen molar-refractivity contribution in [1.29, 1.82) is 0 Å². The molecular formula is C11H19NO3. The van der Waals surface area contributed by atoms with Crippen molar-refractivity contribution in [3.05, 3.63) is 0 Å². The van der Waals surface area contributed by atoms with E-state index in [0.717, 1.165) is 13.1 Å². The Bertz CT molecular complexity index is 251. The van der Waals surface area contributed by atoms with Gasteiger partial charge in [-0.3, -0.25) is 14.5 Å². The second kappa shape index (κ2) is 4.75. The summed E-state index contributed by atoms with van der Waals surface area (Å²) in [5, 5.41) is 0. The van der Waals surface area contributed by atoms with Gasteiger partial charge in [-0.25, -0.2) is 0 Å². The van der Waals surface area contributed by atoms with Crippen LogP contribution in [-0.4, -0.2) is 41.9 Å². The topological polar surface area (TPSA) is 46.6 Å². The lowest BCUT2D eigenvalue weighted by molar-refractivity contribution is -0.155. The number of likely N-dealkylation sites (tertiary alicyclic amines) is 1. The molecule has 0 aromatic rings. The van der Waals surface area contributed by atoms with Crippen LogP contribution in [0.4, 0.5) is 0 Å². The highest BCUT2D eigenvalue weighted by molar-refractivity contribution is 5.79. The largest absolute Gasteiger partial charge is 0.458 e. The molecule has 0 aromatic carbocycles. The zero-order valence-electron chi connectivity index (χ0n) is 9.71. The Balaban J connectivity index is 2.39. The van der Waals surface area contributed by atoms with Gasteiger partial charge < -0.3 is 4.74 Å². The van der Waals surface area contributed by atoms with Gasteiger partial charge in [-0.15, -0.1) is 0 Å². The van der Waals surface area contributed by atoms with Crippen LogP contribution in [0.5, 0.6) is 0 Å². The first kappa shape index (κ1) is 12.2. The molecule has 1 fully saturated rings. The third-order valence-electron chi connectivity index (χ3n) is 2.44. The highest BCUT2D eigenvalue weighted by atomic mass is 16.6. The van der Waals surface area contributed by atoms with Gasteiger partial charge in [0.25, 0.3) is 0 Å². The van der Waals surface area contributed by atoms with Crippen molar-refractivity contribution in [2.75, 3.05) is 19.6 Å². The second-order valence-corrected chi connectivity index (χ2v) is 4.67. The molecule has 4 nitrogen and oxygen atoms in total. The van der Waals surface area contributed by atoms with Crippen LogP contribution in [-0.2, 0) is 14.3 Å². The summed E-state index contributed by atoms with van der Waals surface area (Å²) in [7, 11) is 0. The molecule has 0 aromatic heterocycles. The lowest BCUT2D eigenvalue weighted by atomic mass is 10.1. The Morgan fingerprint density at radius 2 is 1.93 bits per heavy atom. The number of carbonyl (C=O) groups is 2. The average molecular weight is 213 g/mol. The molecule has 0 saturated carbocycles. The van der Waals surface area contributed by atoms with Crippen LogP contribution >= 0.6 is 0 Å². The van der Waals surface area contributed by atoms with Crippen LogP contribution in [0.15, 0.2) is 0 Å². The molecule has 0 aliphatic carbocycles. The normalized spacial score (nSPS) is 19.0. The van der Waals surface area contributed by atoms with E-state index < -0.39 is 5.60 Å². The summed E-state index contributed by atoms with van der Waals surface area (Å²) in [5.74, 6) is 0.0737. The van der Waals surface area contributed by atoms with Gasteiger partial charge in [0.15, 0.2) is 0 Å². The molecule has 0 atom stereocenters. The van der Waals surface area contributed by atoms with Gasteiger partial charge in [0, 0.05) is 39.4 Å². The SMILES string of the molecule is CC(=O)OC(C)(C)CN1CCC(=O)CC1. The molecule has 4 heteroatoms. The van der Waals surface area contributed by atoms with Crippen LogP contribution in [0, 0.1) is 0 Å². The van der Waals surface area contributed by atoms with E-state index in [0.29, 0.717) is 25.2 Å².